The lowest BCUT2D eigenvalue weighted by Crippen LogP contribution is -1.99. The highest BCUT2D eigenvalue weighted by Crippen LogP contribution is 2.21. The number of anilines is 1. The van der Waals surface area contributed by atoms with E-state index >= 15 is 0 Å². The molecular weight excluding hydrogens is 304 g/mol. The Bertz CT molecular complexity index is 1030. The summed E-state index contributed by atoms with van der Waals surface area (Å²) in [6.45, 7) is 2.00. The van der Waals surface area contributed by atoms with Crippen LogP contribution in [-0.4, -0.2) is 19.5 Å². The van der Waals surface area contributed by atoms with Crippen molar-refractivity contribution in [3.05, 3.63) is 59.0 Å². The third-order valence-corrected chi connectivity index (χ3v) is 4.23. The van der Waals surface area contributed by atoms with Crippen LogP contribution in [0, 0.1) is 6.92 Å². The number of benzene rings is 1. The molecule has 6 nitrogen and oxygen atoms in total. The summed E-state index contributed by atoms with van der Waals surface area (Å²) >= 11 is 0. The van der Waals surface area contributed by atoms with Crippen LogP contribution in [0.4, 0.5) is 6.01 Å². The molecule has 24 heavy (non-hydrogen) atoms. The topological polar surface area (TPSA) is 89.6 Å². The van der Waals surface area contributed by atoms with Crippen LogP contribution in [0.3, 0.4) is 0 Å². The Balaban J connectivity index is 1.63. The SMILES string of the molecule is Cc1ccn2c(CO)c(CCc3ccc4nc(N)oc4c3)nc2c1. The minimum atomic E-state index is -0.0305. The Morgan fingerprint density at radius 3 is 2.88 bits per heavy atom. The molecule has 4 aromatic rings. The molecule has 0 amide bonds. The van der Waals surface area contributed by atoms with Gasteiger partial charge in [-0.25, -0.2) is 4.98 Å². The Kier molecular flexibility index (Phi) is 3.46. The molecule has 0 aliphatic heterocycles. The minimum Gasteiger partial charge on any atom is -0.424 e. The maximum atomic E-state index is 9.72. The molecule has 0 saturated carbocycles. The molecule has 1 aromatic carbocycles. The fourth-order valence-corrected chi connectivity index (χ4v) is 3.02. The third-order valence-electron chi connectivity index (χ3n) is 4.23. The molecule has 3 aromatic heterocycles. The first-order chi connectivity index (χ1) is 11.6. The molecule has 0 aliphatic carbocycles. The average Bonchev–Trinajstić information content (AvgIpc) is 3.10. The molecule has 0 radical (unpaired) electrons. The fraction of sp³-hybridized carbons (Fsp3) is 0.222. The van der Waals surface area contributed by atoms with Crippen LogP contribution in [0.25, 0.3) is 16.7 Å². The number of aliphatic hydroxyl groups excluding tert-OH is 1. The Labute approximate surface area is 138 Å². The maximum Gasteiger partial charge on any atom is 0.292 e. The second kappa shape index (κ2) is 5.65. The van der Waals surface area contributed by atoms with Crippen molar-refractivity contribution in [2.24, 2.45) is 0 Å². The van der Waals surface area contributed by atoms with Crippen LogP contribution in [0.5, 0.6) is 0 Å². The lowest BCUT2D eigenvalue weighted by Gasteiger charge is -2.03. The van der Waals surface area contributed by atoms with Gasteiger partial charge in [0, 0.05) is 6.20 Å². The molecule has 6 heteroatoms. The van der Waals surface area contributed by atoms with Crippen molar-refractivity contribution < 1.29 is 9.52 Å². The molecule has 0 aliphatic rings. The summed E-state index contributed by atoms with van der Waals surface area (Å²) in [4.78, 5) is 8.77. The van der Waals surface area contributed by atoms with Crippen LogP contribution in [0.1, 0.15) is 22.5 Å². The first kappa shape index (κ1) is 14.7. The quantitative estimate of drug-likeness (QED) is 0.603. The van der Waals surface area contributed by atoms with Crippen molar-refractivity contribution in [2.75, 3.05) is 5.73 Å². The van der Waals surface area contributed by atoms with E-state index in [0.29, 0.717) is 5.58 Å². The number of nitrogens with zero attached hydrogens (tertiary/aromatic N) is 3. The number of nitrogen functional groups attached to an aromatic ring is 1. The van der Waals surface area contributed by atoms with Crippen LogP contribution >= 0.6 is 0 Å². The standard InChI is InChI=1S/C18H18N4O2/c1-11-6-7-22-15(10-23)13(20-17(22)8-11)4-2-12-3-5-14-16(9-12)24-18(19)21-14/h3,5-9,23H,2,4,10H2,1H3,(H2,19,21). The highest BCUT2D eigenvalue weighted by Gasteiger charge is 2.12. The molecule has 0 saturated heterocycles. The van der Waals surface area contributed by atoms with E-state index in [0.717, 1.165) is 46.5 Å². The number of hydrogen-bond acceptors (Lipinski definition) is 5. The molecule has 3 N–H and O–H groups in total. The van der Waals surface area contributed by atoms with Crippen molar-refractivity contribution in [2.45, 2.75) is 26.4 Å². The van der Waals surface area contributed by atoms with Gasteiger partial charge in [-0.2, -0.15) is 4.98 Å². The van der Waals surface area contributed by atoms with Gasteiger partial charge in [-0.15, -0.1) is 0 Å². The maximum absolute atomic E-state index is 9.72. The van der Waals surface area contributed by atoms with Crippen LogP contribution in [-0.2, 0) is 19.4 Å². The third kappa shape index (κ3) is 2.51. The number of nitrogens with two attached hydrogens (primary N) is 1. The Morgan fingerprint density at radius 1 is 1.17 bits per heavy atom. The van der Waals surface area contributed by atoms with Crippen LogP contribution < -0.4 is 5.73 Å². The monoisotopic (exact) mass is 322 g/mol. The second-order valence-corrected chi connectivity index (χ2v) is 5.95. The predicted octanol–water partition coefficient (Wildman–Crippen LogP) is 2.64. The minimum absolute atomic E-state index is 0.0305. The van der Waals surface area contributed by atoms with Crippen molar-refractivity contribution in [1.82, 2.24) is 14.4 Å². The predicted molar refractivity (Wildman–Crippen MR) is 91.7 cm³/mol. The summed E-state index contributed by atoms with van der Waals surface area (Å²) in [5, 5.41) is 9.72. The summed E-state index contributed by atoms with van der Waals surface area (Å²) in [6.07, 6.45) is 3.49. The molecule has 0 bridgehead atoms. The molecule has 122 valence electrons. The molecule has 4 rings (SSSR count). The number of pyridine rings is 1. The number of aliphatic hydroxyl groups is 1. The Morgan fingerprint density at radius 2 is 2.04 bits per heavy atom. The van der Waals surface area contributed by atoms with Crippen molar-refractivity contribution in [3.63, 3.8) is 0 Å². The number of fused-ring (bicyclic) bond motifs is 2. The highest BCUT2D eigenvalue weighted by molar-refractivity contribution is 5.74. The summed E-state index contributed by atoms with van der Waals surface area (Å²) in [5.41, 5.74) is 11.9. The van der Waals surface area contributed by atoms with E-state index in [1.54, 1.807) is 0 Å². The number of imidazole rings is 1. The van der Waals surface area contributed by atoms with E-state index in [4.69, 9.17) is 10.2 Å². The summed E-state index contributed by atoms with van der Waals surface area (Å²) in [6, 6.07) is 10.1. The molecule has 0 fully saturated rings. The van der Waals surface area contributed by atoms with E-state index in [9.17, 15) is 5.11 Å². The van der Waals surface area contributed by atoms with Gasteiger partial charge in [0.25, 0.3) is 6.01 Å². The zero-order valence-corrected chi connectivity index (χ0v) is 13.4. The Hall–Kier alpha value is -2.86. The van der Waals surface area contributed by atoms with E-state index in [1.807, 2.05) is 47.9 Å². The first-order valence-electron chi connectivity index (χ1n) is 7.86. The average molecular weight is 322 g/mol. The zero-order chi connectivity index (χ0) is 16.7. The molecule has 0 unspecified atom stereocenters. The second-order valence-electron chi connectivity index (χ2n) is 5.95. The van der Waals surface area contributed by atoms with Gasteiger partial charge < -0.3 is 19.7 Å². The van der Waals surface area contributed by atoms with E-state index in [-0.39, 0.29) is 12.6 Å². The zero-order valence-electron chi connectivity index (χ0n) is 13.4. The summed E-state index contributed by atoms with van der Waals surface area (Å²) in [7, 11) is 0. The molecular formula is C18H18N4O2. The summed E-state index contributed by atoms with van der Waals surface area (Å²) in [5.74, 6) is 0. The smallest absolute Gasteiger partial charge is 0.292 e. The van der Waals surface area contributed by atoms with E-state index < -0.39 is 0 Å². The van der Waals surface area contributed by atoms with Crippen molar-refractivity contribution in [1.29, 1.82) is 0 Å². The molecule has 0 spiro atoms. The number of rotatable bonds is 4. The van der Waals surface area contributed by atoms with Gasteiger partial charge in [0.15, 0.2) is 5.58 Å². The van der Waals surface area contributed by atoms with Crippen molar-refractivity contribution >= 4 is 22.8 Å². The lowest BCUT2D eigenvalue weighted by molar-refractivity contribution is 0.274. The van der Waals surface area contributed by atoms with Gasteiger partial charge in [0.2, 0.25) is 0 Å². The number of aromatic nitrogens is 3. The van der Waals surface area contributed by atoms with Gasteiger partial charge in [0.1, 0.15) is 11.2 Å². The first-order valence-corrected chi connectivity index (χ1v) is 7.86. The van der Waals surface area contributed by atoms with Gasteiger partial charge in [-0.3, -0.25) is 0 Å². The number of oxazole rings is 1. The largest absolute Gasteiger partial charge is 0.424 e. The van der Waals surface area contributed by atoms with E-state index in [1.165, 1.54) is 0 Å². The molecule has 0 atom stereocenters. The summed E-state index contributed by atoms with van der Waals surface area (Å²) < 4.78 is 7.32. The van der Waals surface area contributed by atoms with E-state index in [2.05, 4.69) is 9.97 Å². The van der Waals surface area contributed by atoms with Gasteiger partial charge >= 0.3 is 0 Å². The van der Waals surface area contributed by atoms with Crippen LogP contribution in [0.2, 0.25) is 0 Å². The lowest BCUT2D eigenvalue weighted by atomic mass is 10.1. The van der Waals surface area contributed by atoms with Crippen molar-refractivity contribution in [3.8, 4) is 0 Å². The molecule has 3 heterocycles. The van der Waals surface area contributed by atoms with Gasteiger partial charge in [-0.1, -0.05) is 6.07 Å². The van der Waals surface area contributed by atoms with Gasteiger partial charge in [0.05, 0.1) is 18.0 Å². The highest BCUT2D eigenvalue weighted by atomic mass is 16.4. The number of hydrogen-bond donors (Lipinski definition) is 2. The van der Waals surface area contributed by atoms with Crippen LogP contribution in [0.15, 0.2) is 40.9 Å². The van der Waals surface area contributed by atoms with Gasteiger partial charge in [-0.05, 0) is 55.2 Å². The number of aryl methyl sites for hydroxylation is 3. The normalized spacial score (nSPS) is 11.6. The fourth-order valence-electron chi connectivity index (χ4n) is 3.02.